The number of rotatable bonds is 6. The van der Waals surface area contributed by atoms with Crippen molar-refractivity contribution in [2.24, 2.45) is 0 Å². The summed E-state index contributed by atoms with van der Waals surface area (Å²) in [5.41, 5.74) is 7.47. The van der Waals surface area contributed by atoms with Crippen molar-refractivity contribution in [3.63, 3.8) is 0 Å². The Labute approximate surface area is 125 Å². The molecule has 1 aromatic rings. The van der Waals surface area contributed by atoms with Gasteiger partial charge in [-0.2, -0.15) is 0 Å². The van der Waals surface area contributed by atoms with Crippen molar-refractivity contribution in [3.8, 4) is 11.5 Å². The molecule has 0 spiro atoms. The van der Waals surface area contributed by atoms with Crippen LogP contribution in [-0.4, -0.2) is 52.5 Å². The predicted octanol–water partition coefficient (Wildman–Crippen LogP) is 1.65. The lowest BCUT2D eigenvalue weighted by molar-refractivity contribution is -0.183. The van der Waals surface area contributed by atoms with E-state index in [0.29, 0.717) is 37.0 Å². The van der Waals surface area contributed by atoms with Gasteiger partial charge in [0.25, 0.3) is 0 Å². The van der Waals surface area contributed by atoms with E-state index in [4.69, 9.17) is 24.7 Å². The van der Waals surface area contributed by atoms with Crippen LogP contribution in [0.2, 0.25) is 0 Å². The average molecular weight is 296 g/mol. The van der Waals surface area contributed by atoms with Gasteiger partial charge in [0, 0.05) is 12.1 Å². The molecule has 0 aromatic heterocycles. The van der Waals surface area contributed by atoms with Crippen LogP contribution in [0.25, 0.3) is 0 Å². The maximum atomic E-state index is 6.09. The molecule has 0 aliphatic carbocycles. The molecule has 1 aliphatic rings. The Bertz CT molecular complexity index is 459. The van der Waals surface area contributed by atoms with E-state index in [1.54, 1.807) is 7.11 Å². The van der Waals surface area contributed by atoms with Gasteiger partial charge >= 0.3 is 0 Å². The molecule has 2 N–H and O–H groups in total. The zero-order chi connectivity index (χ0) is 15.2. The molecule has 2 rings (SSSR count). The van der Waals surface area contributed by atoms with E-state index in [-0.39, 0.29) is 6.29 Å². The second-order valence-corrected chi connectivity index (χ2v) is 5.22. The fraction of sp³-hybridized carbons (Fsp3) is 0.600. The first-order valence-electron chi connectivity index (χ1n) is 7.10. The van der Waals surface area contributed by atoms with Gasteiger partial charge in [0.15, 0.2) is 17.8 Å². The van der Waals surface area contributed by atoms with E-state index in [0.717, 1.165) is 18.5 Å². The lowest BCUT2D eigenvalue weighted by atomic mass is 10.1. The minimum Gasteiger partial charge on any atom is -0.493 e. The number of benzene rings is 1. The molecule has 1 aliphatic heterocycles. The van der Waals surface area contributed by atoms with Crippen molar-refractivity contribution >= 4 is 5.69 Å². The highest BCUT2D eigenvalue weighted by atomic mass is 16.7. The van der Waals surface area contributed by atoms with E-state index in [9.17, 15) is 0 Å². The quantitative estimate of drug-likeness (QED) is 0.805. The monoisotopic (exact) mass is 296 g/mol. The van der Waals surface area contributed by atoms with Crippen molar-refractivity contribution < 1.29 is 18.9 Å². The predicted molar refractivity (Wildman–Crippen MR) is 80.7 cm³/mol. The largest absolute Gasteiger partial charge is 0.493 e. The second kappa shape index (κ2) is 7.49. The highest BCUT2D eigenvalue weighted by molar-refractivity contribution is 5.62. The van der Waals surface area contributed by atoms with Gasteiger partial charge in [0.2, 0.25) is 0 Å². The highest BCUT2D eigenvalue weighted by Crippen LogP contribution is 2.38. The molecular formula is C15H24N2O4. The van der Waals surface area contributed by atoms with Gasteiger partial charge in [-0.25, -0.2) is 0 Å². The van der Waals surface area contributed by atoms with Crippen molar-refractivity contribution in [2.75, 3.05) is 53.3 Å². The smallest absolute Gasteiger partial charge is 0.184 e. The maximum absolute atomic E-state index is 6.09. The number of hydrogen-bond acceptors (Lipinski definition) is 6. The Morgan fingerprint density at radius 1 is 1.29 bits per heavy atom. The van der Waals surface area contributed by atoms with Crippen LogP contribution < -0.4 is 15.2 Å². The van der Waals surface area contributed by atoms with Gasteiger partial charge < -0.3 is 29.6 Å². The molecule has 0 radical (unpaired) electrons. The zero-order valence-corrected chi connectivity index (χ0v) is 12.9. The molecule has 1 heterocycles. The van der Waals surface area contributed by atoms with Crippen LogP contribution in [-0.2, 0) is 9.47 Å². The molecule has 6 heteroatoms. The van der Waals surface area contributed by atoms with Crippen LogP contribution in [0.4, 0.5) is 5.69 Å². The molecule has 0 bridgehead atoms. The summed E-state index contributed by atoms with van der Waals surface area (Å²) < 4.78 is 22.3. The average Bonchev–Trinajstić information content (AvgIpc) is 2.49. The molecular weight excluding hydrogens is 272 g/mol. The molecule has 1 aromatic carbocycles. The van der Waals surface area contributed by atoms with Crippen LogP contribution in [0.3, 0.4) is 0 Å². The highest BCUT2D eigenvalue weighted by Gasteiger charge is 2.20. The third kappa shape index (κ3) is 4.23. The summed E-state index contributed by atoms with van der Waals surface area (Å²) in [6.07, 6.45) is 0.528. The van der Waals surface area contributed by atoms with Crippen LogP contribution in [0.15, 0.2) is 12.1 Å². The number of ether oxygens (including phenoxy) is 4. The fourth-order valence-corrected chi connectivity index (χ4v) is 2.10. The van der Waals surface area contributed by atoms with Gasteiger partial charge in [-0.05, 0) is 32.6 Å². The van der Waals surface area contributed by atoms with E-state index in [1.807, 2.05) is 31.1 Å². The molecule has 118 valence electrons. The summed E-state index contributed by atoms with van der Waals surface area (Å²) in [5.74, 6) is 1.17. The lowest BCUT2D eigenvalue weighted by Gasteiger charge is -2.25. The van der Waals surface area contributed by atoms with Crippen molar-refractivity contribution in [1.82, 2.24) is 4.90 Å². The normalized spacial score (nSPS) is 16.2. The number of nitrogens with zero attached hydrogens (tertiary/aromatic N) is 1. The SMILES string of the molecule is COc1cc(C2OCCCO2)cc(N)c1OCCN(C)C. The number of nitrogens with two attached hydrogens (primary N) is 1. The minimum absolute atomic E-state index is 0.384. The molecule has 0 amide bonds. The summed E-state index contributed by atoms with van der Waals surface area (Å²) in [4.78, 5) is 2.04. The van der Waals surface area contributed by atoms with E-state index in [1.165, 1.54) is 0 Å². The standard InChI is InChI=1S/C15H24N2O4/c1-17(2)5-8-19-14-12(16)9-11(10-13(14)18-3)15-20-6-4-7-21-15/h9-10,15H,4-8,16H2,1-3H3. The van der Waals surface area contributed by atoms with Gasteiger partial charge in [0.05, 0.1) is 26.0 Å². The zero-order valence-electron chi connectivity index (χ0n) is 12.9. The Morgan fingerprint density at radius 2 is 2.00 bits per heavy atom. The fourth-order valence-electron chi connectivity index (χ4n) is 2.10. The molecule has 0 unspecified atom stereocenters. The first kappa shape index (κ1) is 15.9. The first-order valence-corrected chi connectivity index (χ1v) is 7.10. The Balaban J connectivity index is 2.14. The molecule has 1 saturated heterocycles. The van der Waals surface area contributed by atoms with Crippen LogP contribution in [0, 0.1) is 0 Å². The molecule has 1 fully saturated rings. The van der Waals surface area contributed by atoms with Crippen LogP contribution >= 0.6 is 0 Å². The number of anilines is 1. The van der Waals surface area contributed by atoms with Crippen LogP contribution in [0.1, 0.15) is 18.3 Å². The summed E-state index contributed by atoms with van der Waals surface area (Å²) >= 11 is 0. The minimum atomic E-state index is -0.384. The number of nitrogen functional groups attached to an aromatic ring is 1. The topological polar surface area (TPSA) is 66.2 Å². The van der Waals surface area contributed by atoms with Gasteiger partial charge in [-0.3, -0.25) is 0 Å². The summed E-state index contributed by atoms with van der Waals surface area (Å²) in [7, 11) is 5.58. The first-order chi connectivity index (χ1) is 10.1. The van der Waals surface area contributed by atoms with Crippen molar-refractivity contribution in [1.29, 1.82) is 0 Å². The summed E-state index contributed by atoms with van der Waals surface area (Å²) in [5, 5.41) is 0. The van der Waals surface area contributed by atoms with Gasteiger partial charge in [-0.1, -0.05) is 0 Å². The number of methoxy groups -OCH3 is 1. The van der Waals surface area contributed by atoms with Crippen molar-refractivity contribution in [2.45, 2.75) is 12.7 Å². The van der Waals surface area contributed by atoms with E-state index < -0.39 is 0 Å². The van der Waals surface area contributed by atoms with Gasteiger partial charge in [0.1, 0.15) is 6.61 Å². The number of likely N-dealkylation sites (N-methyl/N-ethyl adjacent to an activating group) is 1. The third-order valence-electron chi connectivity index (χ3n) is 3.21. The molecule has 0 atom stereocenters. The Morgan fingerprint density at radius 3 is 2.62 bits per heavy atom. The van der Waals surface area contributed by atoms with Crippen LogP contribution in [0.5, 0.6) is 11.5 Å². The Kier molecular flexibility index (Phi) is 5.67. The Hall–Kier alpha value is -1.50. The summed E-state index contributed by atoms with van der Waals surface area (Å²) in [6, 6.07) is 3.68. The van der Waals surface area contributed by atoms with E-state index >= 15 is 0 Å². The summed E-state index contributed by atoms with van der Waals surface area (Å²) in [6.45, 7) is 2.73. The van der Waals surface area contributed by atoms with E-state index in [2.05, 4.69) is 0 Å². The molecule has 21 heavy (non-hydrogen) atoms. The molecule has 6 nitrogen and oxygen atoms in total. The molecule has 0 saturated carbocycles. The third-order valence-corrected chi connectivity index (χ3v) is 3.21. The maximum Gasteiger partial charge on any atom is 0.184 e. The number of hydrogen-bond donors (Lipinski definition) is 1. The van der Waals surface area contributed by atoms with Crippen molar-refractivity contribution in [3.05, 3.63) is 17.7 Å². The lowest BCUT2D eigenvalue weighted by Crippen LogP contribution is -2.20. The second-order valence-electron chi connectivity index (χ2n) is 5.22. The van der Waals surface area contributed by atoms with Gasteiger partial charge in [-0.15, -0.1) is 0 Å².